The van der Waals surface area contributed by atoms with Crippen molar-refractivity contribution in [1.29, 1.82) is 0 Å². The minimum absolute atomic E-state index is 0. The van der Waals surface area contributed by atoms with Gasteiger partial charge in [-0.1, -0.05) is 0 Å². The second-order valence-corrected chi connectivity index (χ2v) is 7.50. The van der Waals surface area contributed by atoms with E-state index in [4.69, 9.17) is 0 Å². The van der Waals surface area contributed by atoms with Gasteiger partial charge in [0.2, 0.25) is 0 Å². The van der Waals surface area contributed by atoms with Crippen molar-refractivity contribution in [3.05, 3.63) is 15.9 Å². The van der Waals surface area contributed by atoms with Gasteiger partial charge in [0.1, 0.15) is 4.21 Å². The number of hydrogen-bond acceptors (Lipinski definition) is 4. The van der Waals surface area contributed by atoms with E-state index in [0.717, 1.165) is 19.5 Å². The molecule has 0 spiro atoms. The average molecular weight is 362 g/mol. The summed E-state index contributed by atoms with van der Waals surface area (Å²) < 4.78 is 27.5. The third kappa shape index (κ3) is 3.90. The van der Waals surface area contributed by atoms with Gasteiger partial charge in [-0.3, -0.25) is 0 Å². The highest BCUT2D eigenvalue weighted by atomic mass is 79.9. The summed E-state index contributed by atoms with van der Waals surface area (Å²) in [7, 11) is -3.34. The van der Waals surface area contributed by atoms with Crippen LogP contribution in [0.2, 0.25) is 0 Å². The molecule has 1 aromatic rings. The predicted molar refractivity (Wildman–Crippen MR) is 75.4 cm³/mol. The Balaban J connectivity index is 0.00000144. The number of thiophene rings is 1. The first kappa shape index (κ1) is 15.4. The third-order valence-electron chi connectivity index (χ3n) is 2.55. The average Bonchev–Trinajstić information content (AvgIpc) is 2.85. The summed E-state index contributed by atoms with van der Waals surface area (Å²) in [5.74, 6) is 0.411. The molecular weight excluding hydrogens is 348 g/mol. The zero-order valence-corrected chi connectivity index (χ0v) is 13.0. The summed E-state index contributed by atoms with van der Waals surface area (Å²) in [6.45, 7) is 2.39. The van der Waals surface area contributed by atoms with Gasteiger partial charge in [0, 0.05) is 11.0 Å². The number of nitrogens with one attached hydrogen (secondary N) is 2. The summed E-state index contributed by atoms with van der Waals surface area (Å²) in [6.07, 6.45) is 1.04. The van der Waals surface area contributed by atoms with E-state index in [1.165, 1.54) is 11.3 Å². The first-order valence-corrected chi connectivity index (χ1v) is 8.18. The topological polar surface area (TPSA) is 58.2 Å². The van der Waals surface area contributed by atoms with E-state index in [9.17, 15) is 8.42 Å². The maximum Gasteiger partial charge on any atom is 0.251 e. The number of hydrogen-bond donors (Lipinski definition) is 2. The molecule has 4 nitrogen and oxygen atoms in total. The molecule has 2 N–H and O–H groups in total. The molecule has 2 rings (SSSR count). The SMILES string of the molecule is Cl.O=S(=O)(NCC1CCNC1)c1sccc1Br. The Hall–Kier alpha value is 0.340. The number of rotatable bonds is 4. The standard InChI is InChI=1S/C9H13BrN2O2S2.ClH/c10-8-2-4-15-9(8)16(13,14)12-6-7-1-3-11-5-7;/h2,4,7,11-12H,1,3,5-6H2;1H. The van der Waals surface area contributed by atoms with Gasteiger partial charge in [-0.25, -0.2) is 13.1 Å². The van der Waals surface area contributed by atoms with Gasteiger partial charge in [0.25, 0.3) is 10.0 Å². The van der Waals surface area contributed by atoms with Crippen LogP contribution in [0.15, 0.2) is 20.1 Å². The lowest BCUT2D eigenvalue weighted by Gasteiger charge is -2.09. The van der Waals surface area contributed by atoms with Crippen molar-refractivity contribution in [3.8, 4) is 0 Å². The smallest absolute Gasteiger partial charge is 0.251 e. The second kappa shape index (κ2) is 6.49. The molecule has 0 saturated carbocycles. The van der Waals surface area contributed by atoms with E-state index < -0.39 is 10.0 Å². The fraction of sp³-hybridized carbons (Fsp3) is 0.556. The molecule has 1 aromatic heterocycles. The van der Waals surface area contributed by atoms with Crippen LogP contribution in [0.1, 0.15) is 6.42 Å². The van der Waals surface area contributed by atoms with Crippen molar-refractivity contribution in [2.24, 2.45) is 5.92 Å². The Morgan fingerprint density at radius 1 is 1.59 bits per heavy atom. The van der Waals surface area contributed by atoms with Gasteiger partial charge in [-0.05, 0) is 52.8 Å². The second-order valence-electron chi connectivity index (χ2n) is 3.77. The molecule has 1 unspecified atom stereocenters. The molecule has 0 amide bonds. The zero-order chi connectivity index (χ0) is 11.6. The van der Waals surface area contributed by atoms with Crippen LogP contribution >= 0.6 is 39.7 Å². The molecule has 1 aliphatic rings. The molecule has 0 bridgehead atoms. The molecule has 98 valence electrons. The van der Waals surface area contributed by atoms with E-state index in [-0.39, 0.29) is 12.4 Å². The van der Waals surface area contributed by atoms with Crippen LogP contribution in [0.25, 0.3) is 0 Å². The van der Waals surface area contributed by atoms with Crippen LogP contribution in [0, 0.1) is 5.92 Å². The Bertz CT molecular complexity index is 457. The van der Waals surface area contributed by atoms with Crippen molar-refractivity contribution in [3.63, 3.8) is 0 Å². The maximum absolute atomic E-state index is 11.9. The van der Waals surface area contributed by atoms with Crippen molar-refractivity contribution < 1.29 is 8.42 Å². The van der Waals surface area contributed by atoms with Crippen molar-refractivity contribution in [2.45, 2.75) is 10.6 Å². The van der Waals surface area contributed by atoms with E-state index in [0.29, 0.717) is 21.1 Å². The lowest BCUT2D eigenvalue weighted by atomic mass is 10.1. The van der Waals surface area contributed by atoms with Crippen LogP contribution in [0.3, 0.4) is 0 Å². The Morgan fingerprint density at radius 2 is 2.35 bits per heavy atom. The summed E-state index contributed by atoms with van der Waals surface area (Å²) in [4.78, 5) is 0. The lowest BCUT2D eigenvalue weighted by Crippen LogP contribution is -2.30. The molecule has 8 heteroatoms. The largest absolute Gasteiger partial charge is 0.316 e. The Kier molecular flexibility index (Phi) is 5.88. The van der Waals surface area contributed by atoms with Crippen LogP contribution in [-0.4, -0.2) is 28.1 Å². The molecular formula is C9H14BrClN2O2S2. The molecule has 1 saturated heterocycles. The van der Waals surface area contributed by atoms with Gasteiger partial charge in [-0.2, -0.15) is 0 Å². The van der Waals surface area contributed by atoms with Gasteiger partial charge < -0.3 is 5.32 Å². The molecule has 17 heavy (non-hydrogen) atoms. The Morgan fingerprint density at radius 3 is 2.88 bits per heavy atom. The number of halogens is 2. The minimum Gasteiger partial charge on any atom is -0.316 e. The van der Waals surface area contributed by atoms with Crippen molar-refractivity contribution in [1.82, 2.24) is 10.0 Å². The highest BCUT2D eigenvalue weighted by molar-refractivity contribution is 9.10. The van der Waals surface area contributed by atoms with Crippen LogP contribution < -0.4 is 10.0 Å². The van der Waals surface area contributed by atoms with E-state index in [1.54, 1.807) is 11.4 Å². The number of sulfonamides is 1. The molecule has 0 radical (unpaired) electrons. The van der Waals surface area contributed by atoms with Gasteiger partial charge >= 0.3 is 0 Å². The predicted octanol–water partition coefficient (Wildman–Crippen LogP) is 1.82. The first-order valence-electron chi connectivity index (χ1n) is 5.03. The molecule has 1 fully saturated rings. The first-order chi connectivity index (χ1) is 7.59. The molecule has 0 aliphatic carbocycles. The van der Waals surface area contributed by atoms with Gasteiger partial charge in [-0.15, -0.1) is 23.7 Å². The Labute approximate surface area is 120 Å². The molecule has 2 heterocycles. The van der Waals surface area contributed by atoms with Crippen molar-refractivity contribution in [2.75, 3.05) is 19.6 Å². The normalized spacial score (nSPS) is 20.2. The highest BCUT2D eigenvalue weighted by Gasteiger charge is 2.22. The fourth-order valence-corrected chi connectivity index (χ4v) is 5.15. The van der Waals surface area contributed by atoms with E-state index >= 15 is 0 Å². The monoisotopic (exact) mass is 360 g/mol. The third-order valence-corrected chi connectivity index (χ3v) is 6.65. The lowest BCUT2D eigenvalue weighted by molar-refractivity contribution is 0.540. The summed E-state index contributed by atoms with van der Waals surface area (Å²) >= 11 is 4.46. The van der Waals surface area contributed by atoms with Crippen LogP contribution in [0.5, 0.6) is 0 Å². The molecule has 1 atom stereocenters. The zero-order valence-electron chi connectivity index (χ0n) is 8.98. The van der Waals surface area contributed by atoms with E-state index in [2.05, 4.69) is 26.0 Å². The summed E-state index contributed by atoms with van der Waals surface area (Å²) in [5.41, 5.74) is 0. The summed E-state index contributed by atoms with van der Waals surface area (Å²) in [6, 6.07) is 1.75. The highest BCUT2D eigenvalue weighted by Crippen LogP contribution is 2.27. The molecule has 0 aromatic carbocycles. The van der Waals surface area contributed by atoms with Crippen LogP contribution in [-0.2, 0) is 10.0 Å². The molecule has 1 aliphatic heterocycles. The van der Waals surface area contributed by atoms with Crippen molar-refractivity contribution >= 4 is 49.7 Å². The summed E-state index contributed by atoms with van der Waals surface area (Å²) in [5, 5.41) is 4.97. The van der Waals surface area contributed by atoms with Gasteiger partial charge in [0.15, 0.2) is 0 Å². The quantitative estimate of drug-likeness (QED) is 0.860. The van der Waals surface area contributed by atoms with Gasteiger partial charge in [0.05, 0.1) is 0 Å². The van der Waals surface area contributed by atoms with E-state index in [1.807, 2.05) is 0 Å². The van der Waals surface area contributed by atoms with Crippen LogP contribution in [0.4, 0.5) is 0 Å². The maximum atomic E-state index is 11.9. The fourth-order valence-electron chi connectivity index (χ4n) is 1.65. The minimum atomic E-state index is -3.34.